The summed E-state index contributed by atoms with van der Waals surface area (Å²) in [6.45, 7) is 3.25. The lowest BCUT2D eigenvalue weighted by molar-refractivity contribution is -0.127. The van der Waals surface area contributed by atoms with Gasteiger partial charge >= 0.3 is 6.18 Å². The van der Waals surface area contributed by atoms with Gasteiger partial charge in [0, 0.05) is 26.8 Å². The lowest BCUT2D eigenvalue weighted by Gasteiger charge is -2.23. The third-order valence-corrected chi connectivity index (χ3v) is 4.38. The number of hydrogen-bond acceptors (Lipinski definition) is 5. The van der Waals surface area contributed by atoms with Crippen LogP contribution in [0.4, 0.5) is 13.2 Å². The van der Waals surface area contributed by atoms with Crippen molar-refractivity contribution < 1.29 is 23.1 Å². The van der Waals surface area contributed by atoms with Gasteiger partial charge in [0.2, 0.25) is 0 Å². The van der Waals surface area contributed by atoms with E-state index >= 15 is 0 Å². The Morgan fingerprint density at radius 2 is 1.84 bits per heavy atom. The molecule has 10 heteroatoms. The lowest BCUT2D eigenvalue weighted by atomic mass is 9.95. The quantitative estimate of drug-likeness (QED) is 0.261. The van der Waals surface area contributed by atoms with Gasteiger partial charge in [-0.15, -0.1) is 0 Å². The Kier molecular flexibility index (Phi) is 9.70. The Morgan fingerprint density at radius 1 is 1.26 bits per heavy atom. The van der Waals surface area contributed by atoms with Crippen LogP contribution in [0.3, 0.4) is 0 Å². The summed E-state index contributed by atoms with van der Waals surface area (Å²) < 4.78 is 37.9. The molecule has 0 heterocycles. The summed E-state index contributed by atoms with van der Waals surface area (Å²) in [5, 5.41) is 12.4. The van der Waals surface area contributed by atoms with Crippen molar-refractivity contribution in [3.63, 3.8) is 0 Å². The Balaban J connectivity index is 3.49. The summed E-state index contributed by atoms with van der Waals surface area (Å²) in [7, 11) is 5.04. The van der Waals surface area contributed by atoms with Gasteiger partial charge in [-0.2, -0.15) is 13.2 Å². The minimum atomic E-state index is -4.29. The van der Waals surface area contributed by atoms with Crippen LogP contribution in [0.2, 0.25) is 0 Å². The number of halogens is 3. The topological polar surface area (TPSA) is 103 Å². The first-order valence-corrected chi connectivity index (χ1v) is 9.63. The minimum Gasteiger partial charge on any atom is -0.399 e. The van der Waals surface area contributed by atoms with Gasteiger partial charge in [0.25, 0.3) is 0 Å². The van der Waals surface area contributed by atoms with Gasteiger partial charge in [-0.1, -0.05) is 38.1 Å². The van der Waals surface area contributed by atoms with Gasteiger partial charge < -0.3 is 21.1 Å². The second-order valence-electron chi connectivity index (χ2n) is 7.48. The zero-order chi connectivity index (χ0) is 23.8. The Hall–Kier alpha value is -2.88. The molecular formula is C21H30F3N5O2. The van der Waals surface area contributed by atoms with Crippen molar-refractivity contribution in [2.75, 3.05) is 27.7 Å². The third-order valence-electron chi connectivity index (χ3n) is 4.38. The number of carbonyl (C=O) groups is 1. The molecule has 0 aliphatic carbocycles. The Bertz CT molecular complexity index is 828. The monoisotopic (exact) mass is 441 g/mol. The summed E-state index contributed by atoms with van der Waals surface area (Å²) in [6.07, 6.45) is -4.81. The first-order valence-electron chi connectivity index (χ1n) is 9.63. The van der Waals surface area contributed by atoms with Crippen LogP contribution in [-0.2, 0) is 11.2 Å². The maximum atomic E-state index is 12.6. The molecule has 7 nitrogen and oxygen atoms in total. The largest absolute Gasteiger partial charge is 0.399 e. The van der Waals surface area contributed by atoms with Crippen LogP contribution in [0.25, 0.3) is 0 Å². The van der Waals surface area contributed by atoms with Crippen molar-refractivity contribution in [3.8, 4) is 0 Å². The zero-order valence-corrected chi connectivity index (χ0v) is 18.4. The van der Waals surface area contributed by atoms with Crippen LogP contribution in [0.1, 0.15) is 31.0 Å². The van der Waals surface area contributed by atoms with E-state index in [9.17, 15) is 23.1 Å². The molecule has 1 atom stereocenters. The standard InChI is InChI=1S/C21H30F3N5O2/c1-13(2)18(15-8-6-14(7-9-15)10-21(22,23)24)27-19(16(11-30)17(25)12-31)28-20(26-3)29(4)5/h6-9,11,13,18,31H,10,12,25H2,1-5H3,(H,26,27,28). The number of aldehydes is 1. The summed E-state index contributed by atoms with van der Waals surface area (Å²) in [6, 6.07) is 5.51. The molecule has 0 saturated carbocycles. The number of guanidine groups is 1. The second-order valence-corrected chi connectivity index (χ2v) is 7.48. The van der Waals surface area contributed by atoms with Crippen LogP contribution in [0.5, 0.6) is 0 Å². The molecule has 0 amide bonds. The molecule has 1 rings (SSSR count). The summed E-state index contributed by atoms with van der Waals surface area (Å²) >= 11 is 0. The van der Waals surface area contributed by atoms with E-state index in [1.165, 1.54) is 12.1 Å². The number of nitrogens with two attached hydrogens (primary N) is 1. The molecule has 0 radical (unpaired) electrons. The molecule has 0 spiro atoms. The van der Waals surface area contributed by atoms with E-state index in [4.69, 9.17) is 5.73 Å². The van der Waals surface area contributed by atoms with E-state index in [1.807, 2.05) is 13.8 Å². The number of rotatable bonds is 7. The highest BCUT2D eigenvalue weighted by atomic mass is 19.4. The highest BCUT2D eigenvalue weighted by Gasteiger charge is 2.28. The van der Waals surface area contributed by atoms with Crippen molar-refractivity contribution in [2.45, 2.75) is 32.5 Å². The molecular weight excluding hydrogens is 411 g/mol. The Morgan fingerprint density at radius 3 is 2.23 bits per heavy atom. The van der Waals surface area contributed by atoms with Crippen molar-refractivity contribution in [1.82, 2.24) is 10.2 Å². The number of alkyl halides is 3. The number of hydrogen-bond donors (Lipinski definition) is 3. The molecule has 1 aromatic rings. The number of nitrogens with one attached hydrogen (secondary N) is 1. The molecule has 0 aliphatic heterocycles. The molecule has 1 aromatic carbocycles. The first kappa shape index (κ1) is 26.2. The van der Waals surface area contributed by atoms with E-state index in [0.717, 1.165) is 0 Å². The number of aliphatic hydroxyl groups excluding tert-OH is 1. The first-order chi connectivity index (χ1) is 14.4. The zero-order valence-electron chi connectivity index (χ0n) is 18.4. The summed E-state index contributed by atoms with van der Waals surface area (Å²) in [5.41, 5.74) is 6.53. The minimum absolute atomic E-state index is 0.0233. The van der Waals surface area contributed by atoms with Crippen molar-refractivity contribution in [2.24, 2.45) is 21.6 Å². The van der Waals surface area contributed by atoms with E-state index in [0.29, 0.717) is 17.8 Å². The van der Waals surface area contributed by atoms with Gasteiger partial charge in [0.15, 0.2) is 12.2 Å². The van der Waals surface area contributed by atoms with Gasteiger partial charge in [0.05, 0.1) is 24.6 Å². The van der Waals surface area contributed by atoms with Crippen LogP contribution in [0, 0.1) is 5.92 Å². The molecule has 4 N–H and O–H groups in total. The fourth-order valence-corrected chi connectivity index (χ4v) is 2.82. The second kappa shape index (κ2) is 11.5. The third kappa shape index (κ3) is 8.05. The lowest BCUT2D eigenvalue weighted by Crippen LogP contribution is -2.42. The normalized spacial score (nSPS) is 14.9. The average molecular weight is 441 g/mol. The highest BCUT2D eigenvalue weighted by Crippen LogP contribution is 2.28. The fraction of sp³-hybridized carbons (Fsp3) is 0.476. The van der Waals surface area contributed by atoms with Gasteiger partial charge in [-0.3, -0.25) is 14.8 Å². The fourth-order valence-electron chi connectivity index (χ4n) is 2.82. The smallest absolute Gasteiger partial charge is 0.393 e. The molecule has 1 unspecified atom stereocenters. The molecule has 0 aliphatic rings. The summed E-state index contributed by atoms with van der Waals surface area (Å²) in [5.74, 6) is 0.440. The maximum absolute atomic E-state index is 12.6. The van der Waals surface area contributed by atoms with Crippen molar-refractivity contribution >= 4 is 18.1 Å². The molecule has 31 heavy (non-hydrogen) atoms. The van der Waals surface area contributed by atoms with Crippen molar-refractivity contribution in [1.29, 1.82) is 0 Å². The maximum Gasteiger partial charge on any atom is 0.393 e. The number of benzene rings is 1. The number of carbonyl (C=O) groups excluding carboxylic acids is 1. The van der Waals surface area contributed by atoms with E-state index in [1.54, 1.807) is 38.2 Å². The Labute approximate surface area is 180 Å². The average Bonchev–Trinajstić information content (AvgIpc) is 2.68. The highest BCUT2D eigenvalue weighted by molar-refractivity contribution is 6.19. The predicted octanol–water partition coefficient (Wildman–Crippen LogP) is 2.43. The molecule has 0 saturated heterocycles. The number of amidine groups is 1. The van der Waals surface area contributed by atoms with Crippen LogP contribution in [0.15, 0.2) is 45.5 Å². The van der Waals surface area contributed by atoms with E-state index < -0.39 is 25.2 Å². The number of aliphatic hydroxyl groups is 1. The van der Waals surface area contributed by atoms with Crippen molar-refractivity contribution in [3.05, 3.63) is 46.7 Å². The van der Waals surface area contributed by atoms with Gasteiger partial charge in [-0.25, -0.2) is 0 Å². The van der Waals surface area contributed by atoms with Crippen LogP contribution < -0.4 is 11.1 Å². The predicted molar refractivity (Wildman–Crippen MR) is 116 cm³/mol. The van der Waals surface area contributed by atoms with Gasteiger partial charge in [0.1, 0.15) is 5.84 Å². The molecule has 0 aromatic heterocycles. The van der Waals surface area contributed by atoms with E-state index in [-0.39, 0.29) is 28.6 Å². The SMILES string of the molecule is CN=C(NC(=NC(c1ccc(CC(F)(F)F)cc1)C(C)C)C(C=O)=C(N)CO)N(C)C. The molecule has 0 bridgehead atoms. The van der Waals surface area contributed by atoms with Gasteiger partial charge in [-0.05, 0) is 17.0 Å². The van der Waals surface area contributed by atoms with E-state index in [2.05, 4.69) is 15.3 Å². The molecule has 0 fully saturated rings. The van der Waals surface area contributed by atoms with Crippen LogP contribution >= 0.6 is 0 Å². The number of nitrogens with zero attached hydrogens (tertiary/aromatic N) is 3. The van der Waals surface area contributed by atoms with Crippen LogP contribution in [-0.4, -0.2) is 62.0 Å². The summed E-state index contributed by atoms with van der Waals surface area (Å²) in [4.78, 5) is 22.2. The molecule has 172 valence electrons. The number of aliphatic imine (C=N–C) groups is 2.